The number of nitrogens with zero attached hydrogens (tertiary/aromatic N) is 2. The SMILES string of the molecule is CCc1cc(C(=O)c2nccn2C)ccc1C(=O)O. The van der Waals surface area contributed by atoms with Crippen molar-refractivity contribution < 1.29 is 14.7 Å². The predicted molar refractivity (Wildman–Crippen MR) is 69.4 cm³/mol. The van der Waals surface area contributed by atoms with Crippen molar-refractivity contribution in [1.29, 1.82) is 0 Å². The Morgan fingerprint density at radius 2 is 2.11 bits per heavy atom. The van der Waals surface area contributed by atoms with Gasteiger partial charge in [0.1, 0.15) is 0 Å². The molecule has 0 bridgehead atoms. The fraction of sp³-hybridized carbons (Fsp3) is 0.214. The van der Waals surface area contributed by atoms with Gasteiger partial charge in [-0.1, -0.05) is 13.0 Å². The molecule has 1 aromatic carbocycles. The van der Waals surface area contributed by atoms with Gasteiger partial charge in [-0.15, -0.1) is 0 Å². The molecule has 0 aliphatic rings. The Morgan fingerprint density at radius 1 is 1.37 bits per heavy atom. The molecule has 0 saturated carbocycles. The molecule has 0 atom stereocenters. The first kappa shape index (κ1) is 13.0. The highest BCUT2D eigenvalue weighted by molar-refractivity contribution is 6.07. The van der Waals surface area contributed by atoms with E-state index in [2.05, 4.69) is 4.98 Å². The van der Waals surface area contributed by atoms with Crippen LogP contribution in [-0.4, -0.2) is 26.4 Å². The molecule has 98 valence electrons. The van der Waals surface area contributed by atoms with Crippen molar-refractivity contribution in [3.63, 3.8) is 0 Å². The maximum absolute atomic E-state index is 12.2. The summed E-state index contributed by atoms with van der Waals surface area (Å²) in [6.07, 6.45) is 3.81. The van der Waals surface area contributed by atoms with Gasteiger partial charge >= 0.3 is 5.97 Å². The van der Waals surface area contributed by atoms with Crippen molar-refractivity contribution >= 4 is 11.8 Å². The zero-order valence-corrected chi connectivity index (χ0v) is 10.8. The Hall–Kier alpha value is -2.43. The van der Waals surface area contributed by atoms with E-state index in [0.717, 1.165) is 0 Å². The largest absolute Gasteiger partial charge is 0.478 e. The smallest absolute Gasteiger partial charge is 0.335 e. The summed E-state index contributed by atoms with van der Waals surface area (Å²) in [6, 6.07) is 4.62. The third-order valence-electron chi connectivity index (χ3n) is 3.00. The van der Waals surface area contributed by atoms with E-state index >= 15 is 0 Å². The fourth-order valence-electron chi connectivity index (χ4n) is 1.95. The van der Waals surface area contributed by atoms with Crippen LogP contribution in [0.1, 0.15) is 39.0 Å². The zero-order valence-electron chi connectivity index (χ0n) is 10.8. The number of aromatic nitrogens is 2. The molecule has 0 radical (unpaired) electrons. The zero-order chi connectivity index (χ0) is 14.0. The number of hydrogen-bond acceptors (Lipinski definition) is 3. The van der Waals surface area contributed by atoms with Gasteiger partial charge in [0.25, 0.3) is 0 Å². The van der Waals surface area contributed by atoms with Crippen LogP contribution in [0.2, 0.25) is 0 Å². The Kier molecular flexibility index (Phi) is 3.46. The Bertz CT molecular complexity index is 644. The van der Waals surface area contributed by atoms with E-state index < -0.39 is 5.97 Å². The minimum atomic E-state index is -0.979. The molecule has 1 aromatic heterocycles. The molecule has 2 rings (SSSR count). The molecule has 2 aromatic rings. The first-order chi connectivity index (χ1) is 9.04. The van der Waals surface area contributed by atoms with Crippen LogP contribution in [0.3, 0.4) is 0 Å². The number of carbonyl (C=O) groups is 2. The number of carboxylic acid groups (broad SMARTS) is 1. The van der Waals surface area contributed by atoms with Crippen molar-refractivity contribution in [2.45, 2.75) is 13.3 Å². The number of ketones is 1. The summed E-state index contributed by atoms with van der Waals surface area (Å²) < 4.78 is 1.64. The molecule has 19 heavy (non-hydrogen) atoms. The van der Waals surface area contributed by atoms with Gasteiger partial charge in [-0.05, 0) is 24.1 Å². The minimum Gasteiger partial charge on any atom is -0.478 e. The van der Waals surface area contributed by atoms with Gasteiger partial charge in [0, 0.05) is 25.0 Å². The quantitative estimate of drug-likeness (QED) is 0.850. The molecule has 5 nitrogen and oxygen atoms in total. The minimum absolute atomic E-state index is 0.209. The summed E-state index contributed by atoms with van der Waals surface area (Å²) in [5.74, 6) is -0.850. The van der Waals surface area contributed by atoms with Gasteiger partial charge in [-0.25, -0.2) is 9.78 Å². The topological polar surface area (TPSA) is 72.2 Å². The lowest BCUT2D eigenvalue weighted by Gasteiger charge is -2.07. The summed E-state index contributed by atoms with van der Waals surface area (Å²) in [4.78, 5) is 27.3. The molecular formula is C14H14N2O3. The summed E-state index contributed by atoms with van der Waals surface area (Å²) >= 11 is 0. The standard InChI is InChI=1S/C14H14N2O3/c1-3-9-8-10(4-5-11(9)14(18)19)12(17)13-15-6-7-16(13)2/h4-8H,3H2,1-2H3,(H,18,19). The van der Waals surface area contributed by atoms with E-state index in [9.17, 15) is 9.59 Å². The lowest BCUT2D eigenvalue weighted by Crippen LogP contribution is -2.10. The lowest BCUT2D eigenvalue weighted by atomic mass is 9.99. The third-order valence-corrected chi connectivity index (χ3v) is 3.00. The number of carbonyl (C=O) groups excluding carboxylic acids is 1. The Labute approximate surface area is 110 Å². The van der Waals surface area contributed by atoms with Crippen LogP contribution >= 0.6 is 0 Å². The number of benzene rings is 1. The molecular weight excluding hydrogens is 244 g/mol. The Morgan fingerprint density at radius 3 is 2.63 bits per heavy atom. The maximum atomic E-state index is 12.2. The lowest BCUT2D eigenvalue weighted by molar-refractivity contribution is 0.0695. The van der Waals surface area contributed by atoms with Crippen LogP contribution in [-0.2, 0) is 13.5 Å². The average Bonchev–Trinajstić information content (AvgIpc) is 2.83. The normalized spacial score (nSPS) is 10.4. The highest BCUT2D eigenvalue weighted by Gasteiger charge is 2.16. The second-order valence-corrected chi connectivity index (χ2v) is 4.22. The maximum Gasteiger partial charge on any atom is 0.335 e. The van der Waals surface area contributed by atoms with Crippen LogP contribution in [0.4, 0.5) is 0 Å². The second-order valence-electron chi connectivity index (χ2n) is 4.22. The van der Waals surface area contributed by atoms with Crippen LogP contribution in [0, 0.1) is 0 Å². The van der Waals surface area contributed by atoms with E-state index in [0.29, 0.717) is 23.4 Å². The molecule has 0 aliphatic heterocycles. The highest BCUT2D eigenvalue weighted by Crippen LogP contribution is 2.15. The molecule has 5 heteroatoms. The van der Waals surface area contributed by atoms with Gasteiger partial charge in [0.15, 0.2) is 5.82 Å². The summed E-state index contributed by atoms with van der Waals surface area (Å²) in [5, 5.41) is 9.05. The van der Waals surface area contributed by atoms with Gasteiger partial charge in [-0.3, -0.25) is 4.79 Å². The highest BCUT2D eigenvalue weighted by atomic mass is 16.4. The number of rotatable bonds is 4. The number of aromatic carboxylic acids is 1. The van der Waals surface area contributed by atoms with Gasteiger partial charge in [0.05, 0.1) is 5.56 Å². The van der Waals surface area contributed by atoms with Gasteiger partial charge in [-0.2, -0.15) is 0 Å². The van der Waals surface area contributed by atoms with E-state index in [1.54, 1.807) is 30.1 Å². The van der Waals surface area contributed by atoms with Crippen molar-refractivity contribution in [3.05, 3.63) is 53.1 Å². The molecule has 0 aliphatic carbocycles. The molecule has 0 spiro atoms. The van der Waals surface area contributed by atoms with Gasteiger partial charge < -0.3 is 9.67 Å². The van der Waals surface area contributed by atoms with E-state index in [1.165, 1.54) is 12.1 Å². The van der Waals surface area contributed by atoms with Crippen LogP contribution < -0.4 is 0 Å². The Balaban J connectivity index is 2.45. The monoisotopic (exact) mass is 258 g/mol. The van der Waals surface area contributed by atoms with E-state index in [4.69, 9.17) is 5.11 Å². The second kappa shape index (κ2) is 5.06. The third kappa shape index (κ3) is 2.40. The number of imidazole rings is 1. The van der Waals surface area contributed by atoms with Crippen molar-refractivity contribution in [1.82, 2.24) is 9.55 Å². The van der Waals surface area contributed by atoms with Crippen LogP contribution in [0.15, 0.2) is 30.6 Å². The summed E-state index contributed by atoms with van der Waals surface area (Å²) in [6.45, 7) is 1.86. The molecule has 0 unspecified atom stereocenters. The van der Waals surface area contributed by atoms with E-state index in [1.807, 2.05) is 6.92 Å². The number of aryl methyl sites for hydroxylation is 2. The van der Waals surface area contributed by atoms with Crippen LogP contribution in [0.5, 0.6) is 0 Å². The summed E-state index contributed by atoms with van der Waals surface area (Å²) in [7, 11) is 1.74. The average molecular weight is 258 g/mol. The molecule has 0 amide bonds. The molecule has 0 saturated heterocycles. The number of carboxylic acids is 1. The van der Waals surface area contributed by atoms with Crippen molar-refractivity contribution in [3.8, 4) is 0 Å². The summed E-state index contributed by atoms with van der Waals surface area (Å²) in [5.41, 5.74) is 1.34. The molecule has 0 fully saturated rings. The molecule has 1 heterocycles. The fourth-order valence-corrected chi connectivity index (χ4v) is 1.95. The van der Waals surface area contributed by atoms with Crippen molar-refractivity contribution in [2.24, 2.45) is 7.05 Å². The van der Waals surface area contributed by atoms with Crippen molar-refractivity contribution in [2.75, 3.05) is 0 Å². The number of hydrogen-bond donors (Lipinski definition) is 1. The first-order valence-electron chi connectivity index (χ1n) is 5.92. The predicted octanol–water partition coefficient (Wildman–Crippen LogP) is 1.91. The van der Waals surface area contributed by atoms with Crippen LogP contribution in [0.25, 0.3) is 0 Å². The van der Waals surface area contributed by atoms with E-state index in [-0.39, 0.29) is 11.3 Å². The molecule has 1 N–H and O–H groups in total. The van der Waals surface area contributed by atoms with Gasteiger partial charge in [0.2, 0.25) is 5.78 Å². The first-order valence-corrected chi connectivity index (χ1v) is 5.92.